The molecule has 6 heteroatoms. The summed E-state index contributed by atoms with van der Waals surface area (Å²) in [6.45, 7) is 3.21. The van der Waals surface area contributed by atoms with Gasteiger partial charge in [-0.2, -0.15) is 15.6 Å². The van der Waals surface area contributed by atoms with Crippen molar-refractivity contribution in [2.45, 2.75) is 13.8 Å². The second kappa shape index (κ2) is 6.02. The van der Waals surface area contributed by atoms with Gasteiger partial charge in [-0.15, -0.1) is 0 Å². The van der Waals surface area contributed by atoms with Crippen molar-refractivity contribution in [2.24, 2.45) is 5.10 Å². The predicted molar refractivity (Wildman–Crippen MR) is 67.8 cm³/mol. The van der Waals surface area contributed by atoms with Gasteiger partial charge < -0.3 is 5.32 Å². The largest absolute Gasteiger partial charge is 0.326 e. The second-order valence-corrected chi connectivity index (χ2v) is 3.46. The zero-order chi connectivity index (χ0) is 13.5. The molecule has 1 rings (SSSR count). The normalized spacial score (nSPS) is 8.67. The van der Waals surface area contributed by atoms with Gasteiger partial charge in [-0.25, -0.2) is 0 Å². The van der Waals surface area contributed by atoms with E-state index in [-0.39, 0.29) is 11.6 Å². The summed E-state index contributed by atoms with van der Waals surface area (Å²) in [7, 11) is 0. The molecule has 0 unspecified atom stereocenters. The zero-order valence-electron chi connectivity index (χ0n) is 9.98. The molecular weight excluding hydrogens is 230 g/mol. The van der Waals surface area contributed by atoms with Gasteiger partial charge in [0.1, 0.15) is 12.1 Å². The molecule has 1 amide bonds. The maximum atomic E-state index is 11.0. The van der Waals surface area contributed by atoms with Crippen LogP contribution in [0.15, 0.2) is 23.3 Å². The van der Waals surface area contributed by atoms with E-state index in [1.165, 1.54) is 6.92 Å². The molecule has 1 aromatic rings. The Kier molecular flexibility index (Phi) is 4.42. The molecule has 0 aliphatic rings. The summed E-state index contributed by atoms with van der Waals surface area (Å²) in [5, 5.41) is 23.4. The lowest BCUT2D eigenvalue weighted by atomic mass is 10.1. The SMILES string of the molecule is CC(=O)Nc1cccc(NN=C(C#N)C#N)c1C. The van der Waals surface area contributed by atoms with Crippen molar-refractivity contribution in [3.8, 4) is 12.1 Å². The lowest BCUT2D eigenvalue weighted by molar-refractivity contribution is -0.114. The average molecular weight is 241 g/mol. The minimum absolute atomic E-state index is 0.173. The first-order valence-corrected chi connectivity index (χ1v) is 5.09. The third-order valence-corrected chi connectivity index (χ3v) is 2.14. The van der Waals surface area contributed by atoms with Crippen molar-refractivity contribution >= 4 is 23.0 Å². The summed E-state index contributed by atoms with van der Waals surface area (Å²) < 4.78 is 0. The van der Waals surface area contributed by atoms with Crippen LogP contribution in [-0.4, -0.2) is 11.6 Å². The first kappa shape index (κ1) is 13.2. The molecule has 18 heavy (non-hydrogen) atoms. The highest BCUT2D eigenvalue weighted by Crippen LogP contribution is 2.23. The van der Waals surface area contributed by atoms with E-state index in [0.29, 0.717) is 11.4 Å². The second-order valence-electron chi connectivity index (χ2n) is 3.46. The first-order chi connectivity index (χ1) is 8.58. The maximum absolute atomic E-state index is 11.0. The number of carbonyl (C=O) groups is 1. The van der Waals surface area contributed by atoms with E-state index < -0.39 is 0 Å². The Morgan fingerprint density at radius 2 is 1.89 bits per heavy atom. The van der Waals surface area contributed by atoms with Crippen molar-refractivity contribution < 1.29 is 4.79 Å². The van der Waals surface area contributed by atoms with E-state index >= 15 is 0 Å². The Bertz CT molecular complexity index is 561. The van der Waals surface area contributed by atoms with Gasteiger partial charge in [0.05, 0.1) is 5.69 Å². The molecule has 2 N–H and O–H groups in total. The minimum Gasteiger partial charge on any atom is -0.326 e. The predicted octanol–water partition coefficient (Wildman–Crippen LogP) is 1.77. The van der Waals surface area contributed by atoms with E-state index in [1.807, 2.05) is 0 Å². The molecule has 0 saturated heterocycles. The highest BCUT2D eigenvalue weighted by atomic mass is 16.1. The Morgan fingerprint density at radius 1 is 1.28 bits per heavy atom. The van der Waals surface area contributed by atoms with Gasteiger partial charge in [0.2, 0.25) is 11.6 Å². The van der Waals surface area contributed by atoms with Gasteiger partial charge >= 0.3 is 0 Å². The number of hydrazone groups is 1. The van der Waals surface area contributed by atoms with Crippen LogP contribution in [0.3, 0.4) is 0 Å². The number of hydrogen-bond acceptors (Lipinski definition) is 5. The molecular formula is C12H11N5O. The molecule has 0 aromatic heterocycles. The first-order valence-electron chi connectivity index (χ1n) is 5.09. The Hall–Kier alpha value is -2.86. The number of carbonyl (C=O) groups excluding carboxylic acids is 1. The highest BCUT2D eigenvalue weighted by Gasteiger charge is 2.04. The summed E-state index contributed by atoms with van der Waals surface area (Å²) in [6.07, 6.45) is 0. The van der Waals surface area contributed by atoms with E-state index in [1.54, 1.807) is 37.3 Å². The molecule has 0 heterocycles. The summed E-state index contributed by atoms with van der Waals surface area (Å²) in [4.78, 5) is 11.0. The molecule has 0 fully saturated rings. The van der Waals surface area contributed by atoms with Crippen LogP contribution < -0.4 is 10.7 Å². The fraction of sp³-hybridized carbons (Fsp3) is 0.167. The molecule has 0 saturated carbocycles. The smallest absolute Gasteiger partial charge is 0.237 e. The van der Waals surface area contributed by atoms with Gasteiger partial charge in [0, 0.05) is 12.6 Å². The topological polar surface area (TPSA) is 101 Å². The van der Waals surface area contributed by atoms with E-state index in [2.05, 4.69) is 15.8 Å². The third kappa shape index (κ3) is 3.32. The van der Waals surface area contributed by atoms with Crippen LogP contribution in [0.2, 0.25) is 0 Å². The van der Waals surface area contributed by atoms with Gasteiger partial charge in [-0.1, -0.05) is 6.07 Å². The summed E-state index contributed by atoms with van der Waals surface area (Å²) in [6, 6.07) is 8.50. The number of benzene rings is 1. The lowest BCUT2D eigenvalue weighted by Gasteiger charge is -2.10. The molecule has 90 valence electrons. The van der Waals surface area contributed by atoms with Gasteiger partial charge in [0.25, 0.3) is 0 Å². The van der Waals surface area contributed by atoms with Crippen LogP contribution in [0.25, 0.3) is 0 Å². The molecule has 1 aromatic carbocycles. The van der Waals surface area contributed by atoms with Crippen LogP contribution in [0.4, 0.5) is 11.4 Å². The zero-order valence-corrected chi connectivity index (χ0v) is 9.98. The minimum atomic E-state index is -0.265. The van der Waals surface area contributed by atoms with E-state index in [4.69, 9.17) is 10.5 Å². The summed E-state index contributed by atoms with van der Waals surface area (Å²) >= 11 is 0. The summed E-state index contributed by atoms with van der Waals surface area (Å²) in [5.74, 6) is -0.173. The van der Waals surface area contributed by atoms with Crippen LogP contribution in [0, 0.1) is 29.6 Å². The quantitative estimate of drug-likeness (QED) is 0.621. The molecule has 0 radical (unpaired) electrons. The maximum Gasteiger partial charge on any atom is 0.237 e. The van der Waals surface area contributed by atoms with Gasteiger partial charge in [-0.05, 0) is 24.6 Å². The molecule has 0 bridgehead atoms. The molecule has 0 aliphatic carbocycles. The number of amides is 1. The Morgan fingerprint density at radius 3 is 2.44 bits per heavy atom. The van der Waals surface area contributed by atoms with Crippen molar-refractivity contribution in [2.75, 3.05) is 10.7 Å². The monoisotopic (exact) mass is 241 g/mol. The number of nitriles is 2. The highest BCUT2D eigenvalue weighted by molar-refractivity contribution is 6.10. The van der Waals surface area contributed by atoms with Crippen molar-refractivity contribution in [3.05, 3.63) is 23.8 Å². The molecule has 0 aliphatic heterocycles. The Balaban J connectivity index is 2.99. The van der Waals surface area contributed by atoms with Crippen LogP contribution in [0.5, 0.6) is 0 Å². The third-order valence-electron chi connectivity index (χ3n) is 2.14. The van der Waals surface area contributed by atoms with E-state index in [0.717, 1.165) is 5.56 Å². The fourth-order valence-electron chi connectivity index (χ4n) is 1.27. The number of nitrogens with one attached hydrogen (secondary N) is 2. The standard InChI is InChI=1S/C12H11N5O/c1-8-11(15-9(2)18)4-3-5-12(8)17-16-10(6-13)7-14/h3-5,17H,1-2H3,(H,15,18). The molecule has 0 atom stereocenters. The number of nitrogens with zero attached hydrogens (tertiary/aromatic N) is 3. The average Bonchev–Trinajstić information content (AvgIpc) is 2.34. The molecule has 0 spiro atoms. The fourth-order valence-corrected chi connectivity index (χ4v) is 1.27. The van der Waals surface area contributed by atoms with Crippen molar-refractivity contribution in [1.29, 1.82) is 10.5 Å². The van der Waals surface area contributed by atoms with Gasteiger partial charge in [0.15, 0.2) is 0 Å². The van der Waals surface area contributed by atoms with Crippen LogP contribution in [-0.2, 0) is 4.79 Å². The van der Waals surface area contributed by atoms with Crippen LogP contribution >= 0.6 is 0 Å². The summed E-state index contributed by atoms with van der Waals surface area (Å²) in [5.41, 5.74) is 4.39. The Labute approximate surface area is 105 Å². The van der Waals surface area contributed by atoms with E-state index in [9.17, 15) is 4.79 Å². The number of hydrogen-bond donors (Lipinski definition) is 2. The number of rotatable bonds is 3. The number of anilines is 2. The van der Waals surface area contributed by atoms with Gasteiger partial charge in [-0.3, -0.25) is 10.2 Å². The van der Waals surface area contributed by atoms with Crippen LogP contribution in [0.1, 0.15) is 12.5 Å². The van der Waals surface area contributed by atoms with Crippen molar-refractivity contribution in [1.82, 2.24) is 0 Å². The molecule has 6 nitrogen and oxygen atoms in total. The van der Waals surface area contributed by atoms with Crippen molar-refractivity contribution in [3.63, 3.8) is 0 Å². The lowest BCUT2D eigenvalue weighted by Crippen LogP contribution is -2.08.